The quantitative estimate of drug-likeness (QED) is 0.666. The standard InChI is InChI=1S/C14H18O/c1-3-7-11(8-4-1)13-14(15-13)12-9-5-2-6-10-12/h1,3-4,7-8,12-14H,2,5-6,9-10H2/t13-,14-/m1/s1. The monoisotopic (exact) mass is 202 g/mol. The third kappa shape index (κ3) is 1.93. The van der Waals surface area contributed by atoms with Crippen molar-refractivity contribution >= 4 is 0 Å². The normalized spacial score (nSPS) is 31.5. The van der Waals surface area contributed by atoms with E-state index in [1.807, 2.05) is 0 Å². The van der Waals surface area contributed by atoms with Crippen LogP contribution < -0.4 is 0 Å². The van der Waals surface area contributed by atoms with Crippen LogP contribution in [0.2, 0.25) is 0 Å². The Morgan fingerprint density at radius 1 is 0.933 bits per heavy atom. The van der Waals surface area contributed by atoms with Gasteiger partial charge in [0.2, 0.25) is 0 Å². The molecule has 0 spiro atoms. The first-order chi connectivity index (χ1) is 7.45. The predicted octanol–water partition coefficient (Wildman–Crippen LogP) is 3.71. The van der Waals surface area contributed by atoms with Crippen LogP contribution in [0.5, 0.6) is 0 Å². The SMILES string of the molecule is c1ccc([C@H]2O[C@@H]2C2CCCCC2)cc1. The van der Waals surface area contributed by atoms with Crippen LogP contribution in [0.1, 0.15) is 43.8 Å². The van der Waals surface area contributed by atoms with E-state index < -0.39 is 0 Å². The van der Waals surface area contributed by atoms with Crippen molar-refractivity contribution in [1.29, 1.82) is 0 Å². The minimum absolute atomic E-state index is 0.411. The van der Waals surface area contributed by atoms with E-state index in [1.54, 1.807) is 0 Å². The molecule has 1 aliphatic carbocycles. The highest BCUT2D eigenvalue weighted by molar-refractivity contribution is 5.22. The van der Waals surface area contributed by atoms with Crippen LogP contribution in [0.15, 0.2) is 30.3 Å². The third-order valence-corrected chi connectivity index (χ3v) is 3.77. The van der Waals surface area contributed by atoms with E-state index in [0.29, 0.717) is 12.2 Å². The molecular weight excluding hydrogens is 184 g/mol. The fourth-order valence-electron chi connectivity index (χ4n) is 2.86. The Bertz CT molecular complexity index is 313. The van der Waals surface area contributed by atoms with Crippen molar-refractivity contribution in [3.63, 3.8) is 0 Å². The van der Waals surface area contributed by atoms with Crippen molar-refractivity contribution < 1.29 is 4.74 Å². The van der Waals surface area contributed by atoms with Gasteiger partial charge in [0.15, 0.2) is 0 Å². The van der Waals surface area contributed by atoms with Gasteiger partial charge < -0.3 is 4.74 Å². The molecule has 0 aromatic heterocycles. The van der Waals surface area contributed by atoms with Crippen molar-refractivity contribution in [2.45, 2.75) is 44.3 Å². The van der Waals surface area contributed by atoms with E-state index >= 15 is 0 Å². The number of hydrogen-bond donors (Lipinski definition) is 0. The molecule has 1 saturated heterocycles. The lowest BCUT2D eigenvalue weighted by molar-refractivity contribution is 0.262. The Hall–Kier alpha value is -0.820. The van der Waals surface area contributed by atoms with E-state index in [0.717, 1.165) is 5.92 Å². The molecule has 1 heterocycles. The third-order valence-electron chi connectivity index (χ3n) is 3.77. The maximum absolute atomic E-state index is 5.84. The lowest BCUT2D eigenvalue weighted by Gasteiger charge is -2.19. The summed E-state index contributed by atoms with van der Waals surface area (Å²) >= 11 is 0. The first-order valence-corrected chi connectivity index (χ1v) is 6.15. The van der Waals surface area contributed by atoms with E-state index in [4.69, 9.17) is 4.74 Å². The summed E-state index contributed by atoms with van der Waals surface area (Å²) in [4.78, 5) is 0. The molecule has 0 N–H and O–H groups in total. The van der Waals surface area contributed by atoms with E-state index in [2.05, 4.69) is 30.3 Å². The maximum Gasteiger partial charge on any atom is 0.109 e. The van der Waals surface area contributed by atoms with Crippen LogP contribution in [-0.4, -0.2) is 6.10 Å². The Morgan fingerprint density at radius 3 is 2.40 bits per heavy atom. The molecule has 0 bridgehead atoms. The zero-order valence-corrected chi connectivity index (χ0v) is 9.06. The van der Waals surface area contributed by atoms with Crippen molar-refractivity contribution in [3.8, 4) is 0 Å². The van der Waals surface area contributed by atoms with Gasteiger partial charge in [-0.05, 0) is 24.3 Å². The van der Waals surface area contributed by atoms with Crippen molar-refractivity contribution in [3.05, 3.63) is 35.9 Å². The molecule has 15 heavy (non-hydrogen) atoms. The van der Waals surface area contributed by atoms with Gasteiger partial charge in [0.25, 0.3) is 0 Å². The van der Waals surface area contributed by atoms with Crippen LogP contribution >= 0.6 is 0 Å². The second-order valence-corrected chi connectivity index (χ2v) is 4.83. The first kappa shape index (κ1) is 9.41. The Labute approximate surface area is 91.5 Å². The maximum atomic E-state index is 5.84. The molecule has 1 aromatic rings. The summed E-state index contributed by atoms with van der Waals surface area (Å²) in [6.07, 6.45) is 7.96. The lowest BCUT2D eigenvalue weighted by atomic mass is 9.85. The highest BCUT2D eigenvalue weighted by atomic mass is 16.6. The molecule has 3 rings (SSSR count). The molecule has 1 aliphatic heterocycles. The largest absolute Gasteiger partial charge is 0.364 e. The molecule has 2 fully saturated rings. The zero-order valence-electron chi connectivity index (χ0n) is 9.06. The molecule has 0 unspecified atom stereocenters. The molecule has 1 heteroatoms. The van der Waals surface area contributed by atoms with Crippen LogP contribution in [0.25, 0.3) is 0 Å². The summed E-state index contributed by atoms with van der Waals surface area (Å²) in [5.74, 6) is 0.837. The molecule has 1 saturated carbocycles. The van der Waals surface area contributed by atoms with Crippen molar-refractivity contribution in [2.75, 3.05) is 0 Å². The van der Waals surface area contributed by atoms with Gasteiger partial charge in [0.05, 0.1) is 6.10 Å². The summed E-state index contributed by atoms with van der Waals surface area (Å²) in [7, 11) is 0. The fourth-order valence-corrected chi connectivity index (χ4v) is 2.86. The molecule has 0 amide bonds. The molecule has 80 valence electrons. The molecule has 0 radical (unpaired) electrons. The summed E-state index contributed by atoms with van der Waals surface area (Å²) in [5, 5.41) is 0. The van der Waals surface area contributed by atoms with Crippen molar-refractivity contribution in [1.82, 2.24) is 0 Å². The number of ether oxygens (including phenoxy) is 1. The fraction of sp³-hybridized carbons (Fsp3) is 0.571. The second kappa shape index (κ2) is 3.97. The summed E-state index contributed by atoms with van der Waals surface area (Å²) in [6.45, 7) is 0. The summed E-state index contributed by atoms with van der Waals surface area (Å²) < 4.78 is 5.84. The average molecular weight is 202 g/mol. The Morgan fingerprint density at radius 2 is 1.67 bits per heavy atom. The minimum atomic E-state index is 0.411. The van der Waals surface area contributed by atoms with E-state index in [1.165, 1.54) is 37.7 Å². The first-order valence-electron chi connectivity index (χ1n) is 6.15. The molecule has 1 aromatic carbocycles. The lowest BCUT2D eigenvalue weighted by Crippen LogP contribution is -2.12. The van der Waals surface area contributed by atoms with E-state index in [-0.39, 0.29) is 0 Å². The van der Waals surface area contributed by atoms with Gasteiger partial charge in [0.1, 0.15) is 6.10 Å². The topological polar surface area (TPSA) is 12.5 Å². The van der Waals surface area contributed by atoms with Gasteiger partial charge in [-0.1, -0.05) is 49.6 Å². The number of hydrogen-bond acceptors (Lipinski definition) is 1. The van der Waals surface area contributed by atoms with Gasteiger partial charge in [0, 0.05) is 0 Å². The number of epoxide rings is 1. The van der Waals surface area contributed by atoms with Gasteiger partial charge in [-0.25, -0.2) is 0 Å². The smallest absolute Gasteiger partial charge is 0.109 e. The highest BCUT2D eigenvalue weighted by Gasteiger charge is 2.45. The zero-order chi connectivity index (χ0) is 10.1. The number of benzene rings is 1. The summed E-state index contributed by atoms with van der Waals surface area (Å²) in [5.41, 5.74) is 1.37. The highest BCUT2D eigenvalue weighted by Crippen LogP contribution is 2.47. The second-order valence-electron chi connectivity index (χ2n) is 4.83. The average Bonchev–Trinajstić information content (AvgIpc) is 3.11. The predicted molar refractivity (Wildman–Crippen MR) is 60.6 cm³/mol. The minimum Gasteiger partial charge on any atom is -0.364 e. The number of rotatable bonds is 2. The Balaban J connectivity index is 1.64. The van der Waals surface area contributed by atoms with Gasteiger partial charge in [-0.15, -0.1) is 0 Å². The Kier molecular flexibility index (Phi) is 2.49. The van der Waals surface area contributed by atoms with Gasteiger partial charge in [-0.2, -0.15) is 0 Å². The molecule has 2 atom stereocenters. The van der Waals surface area contributed by atoms with Crippen LogP contribution in [0, 0.1) is 5.92 Å². The van der Waals surface area contributed by atoms with Gasteiger partial charge >= 0.3 is 0 Å². The van der Waals surface area contributed by atoms with Crippen LogP contribution in [-0.2, 0) is 4.74 Å². The summed E-state index contributed by atoms with van der Waals surface area (Å²) in [6, 6.07) is 10.7. The van der Waals surface area contributed by atoms with Crippen LogP contribution in [0.4, 0.5) is 0 Å². The molecular formula is C14H18O. The van der Waals surface area contributed by atoms with E-state index in [9.17, 15) is 0 Å². The molecule has 1 nitrogen and oxygen atoms in total. The molecule has 2 aliphatic rings. The van der Waals surface area contributed by atoms with Gasteiger partial charge in [-0.3, -0.25) is 0 Å². The van der Waals surface area contributed by atoms with Crippen molar-refractivity contribution in [2.24, 2.45) is 5.92 Å². The van der Waals surface area contributed by atoms with Crippen LogP contribution in [0.3, 0.4) is 0 Å².